The van der Waals surface area contributed by atoms with Crippen LogP contribution in [-0.2, 0) is 16.6 Å². The summed E-state index contributed by atoms with van der Waals surface area (Å²) >= 11 is 1.51. The lowest BCUT2D eigenvalue weighted by molar-refractivity contribution is -0.149. The summed E-state index contributed by atoms with van der Waals surface area (Å²) in [5, 5.41) is 13.2. The van der Waals surface area contributed by atoms with Crippen LogP contribution in [0.3, 0.4) is 0 Å². The highest BCUT2D eigenvalue weighted by Crippen LogP contribution is 2.34. The zero-order valence-corrected chi connectivity index (χ0v) is 12.9. The van der Waals surface area contributed by atoms with E-state index in [2.05, 4.69) is 5.10 Å². The Morgan fingerprint density at radius 2 is 2.33 bits per heavy atom. The Kier molecular flexibility index (Phi) is 4.89. The Hall–Kier alpha value is -1.54. The van der Waals surface area contributed by atoms with Gasteiger partial charge in [-0.1, -0.05) is 13.3 Å². The lowest BCUT2D eigenvalue weighted by Crippen LogP contribution is -2.49. The Morgan fingerprint density at radius 3 is 2.86 bits per heavy atom. The molecule has 1 aliphatic rings. The SMILES string of the molecule is CCCC1SCC(C(=O)O)N1C(=O)C(N)c1cnn(C)c1. The molecule has 1 aromatic rings. The fourth-order valence-electron chi connectivity index (χ4n) is 2.42. The van der Waals surface area contributed by atoms with E-state index in [4.69, 9.17) is 5.73 Å². The van der Waals surface area contributed by atoms with Crippen LogP contribution >= 0.6 is 11.8 Å². The minimum Gasteiger partial charge on any atom is -0.480 e. The van der Waals surface area contributed by atoms with Crippen LogP contribution in [0.2, 0.25) is 0 Å². The van der Waals surface area contributed by atoms with Crippen LogP contribution in [0.15, 0.2) is 12.4 Å². The number of aryl methyl sites for hydroxylation is 1. The Labute approximate surface area is 127 Å². The van der Waals surface area contributed by atoms with Gasteiger partial charge in [0.2, 0.25) is 5.91 Å². The summed E-state index contributed by atoms with van der Waals surface area (Å²) in [7, 11) is 1.74. The van der Waals surface area contributed by atoms with Crippen molar-refractivity contribution in [2.24, 2.45) is 12.8 Å². The quantitative estimate of drug-likeness (QED) is 0.824. The van der Waals surface area contributed by atoms with E-state index in [9.17, 15) is 14.7 Å². The molecule has 1 aromatic heterocycles. The second-order valence-electron chi connectivity index (χ2n) is 5.10. The van der Waals surface area contributed by atoms with E-state index in [0.717, 1.165) is 12.8 Å². The number of carbonyl (C=O) groups excluding carboxylic acids is 1. The number of carbonyl (C=O) groups is 2. The maximum atomic E-state index is 12.6. The van der Waals surface area contributed by atoms with Crippen molar-refractivity contribution in [3.63, 3.8) is 0 Å². The van der Waals surface area contributed by atoms with E-state index in [1.807, 2.05) is 6.92 Å². The highest BCUT2D eigenvalue weighted by Gasteiger charge is 2.42. The van der Waals surface area contributed by atoms with Crippen LogP contribution in [0.4, 0.5) is 0 Å². The molecule has 0 aliphatic carbocycles. The number of nitrogens with two attached hydrogens (primary N) is 1. The summed E-state index contributed by atoms with van der Waals surface area (Å²) in [6.07, 6.45) is 4.86. The highest BCUT2D eigenvalue weighted by molar-refractivity contribution is 8.00. The van der Waals surface area contributed by atoms with Gasteiger partial charge in [0.1, 0.15) is 12.1 Å². The number of rotatable bonds is 5. The van der Waals surface area contributed by atoms with Crippen molar-refractivity contribution in [3.8, 4) is 0 Å². The molecular weight excluding hydrogens is 292 g/mol. The number of aliphatic carboxylic acids is 1. The lowest BCUT2D eigenvalue weighted by Gasteiger charge is -2.29. The largest absolute Gasteiger partial charge is 0.480 e. The smallest absolute Gasteiger partial charge is 0.327 e. The molecule has 1 amide bonds. The van der Waals surface area contributed by atoms with Crippen LogP contribution in [0.5, 0.6) is 0 Å². The maximum absolute atomic E-state index is 12.6. The molecule has 3 atom stereocenters. The molecular formula is C13H20N4O3S. The minimum absolute atomic E-state index is 0.119. The molecule has 3 unspecified atom stereocenters. The van der Waals surface area contributed by atoms with Crippen molar-refractivity contribution in [2.45, 2.75) is 37.2 Å². The van der Waals surface area contributed by atoms with Gasteiger partial charge in [-0.05, 0) is 6.42 Å². The zero-order chi connectivity index (χ0) is 15.6. The Morgan fingerprint density at radius 1 is 1.62 bits per heavy atom. The number of nitrogens with zero attached hydrogens (tertiary/aromatic N) is 3. The molecule has 2 heterocycles. The van der Waals surface area contributed by atoms with E-state index >= 15 is 0 Å². The third-order valence-electron chi connectivity index (χ3n) is 3.52. The highest BCUT2D eigenvalue weighted by atomic mass is 32.2. The fourth-order valence-corrected chi connectivity index (χ4v) is 3.94. The zero-order valence-electron chi connectivity index (χ0n) is 12.1. The van der Waals surface area contributed by atoms with Gasteiger partial charge in [0, 0.05) is 24.6 Å². The van der Waals surface area contributed by atoms with Crippen molar-refractivity contribution >= 4 is 23.6 Å². The monoisotopic (exact) mass is 312 g/mol. The number of thioether (sulfide) groups is 1. The number of hydrogen-bond acceptors (Lipinski definition) is 5. The molecule has 116 valence electrons. The summed E-state index contributed by atoms with van der Waals surface area (Å²) in [4.78, 5) is 25.4. The molecule has 3 N–H and O–H groups in total. The second kappa shape index (κ2) is 6.48. The van der Waals surface area contributed by atoms with E-state index < -0.39 is 18.1 Å². The molecule has 0 radical (unpaired) electrons. The van der Waals surface area contributed by atoms with Crippen LogP contribution in [0.25, 0.3) is 0 Å². The van der Waals surface area contributed by atoms with Gasteiger partial charge in [-0.2, -0.15) is 5.10 Å². The molecule has 7 nitrogen and oxygen atoms in total. The van der Waals surface area contributed by atoms with Gasteiger partial charge in [-0.3, -0.25) is 9.48 Å². The topological polar surface area (TPSA) is 101 Å². The number of aromatic nitrogens is 2. The summed E-state index contributed by atoms with van der Waals surface area (Å²) in [5.41, 5.74) is 6.60. The summed E-state index contributed by atoms with van der Waals surface area (Å²) in [5.74, 6) is -0.919. The Balaban J connectivity index is 2.21. The van der Waals surface area contributed by atoms with Crippen LogP contribution in [-0.4, -0.2) is 48.8 Å². The van der Waals surface area contributed by atoms with Gasteiger partial charge in [-0.15, -0.1) is 11.8 Å². The number of amides is 1. The van der Waals surface area contributed by atoms with Crippen molar-refractivity contribution in [1.29, 1.82) is 0 Å². The summed E-state index contributed by atoms with van der Waals surface area (Å²) in [6.45, 7) is 2.01. The molecule has 21 heavy (non-hydrogen) atoms. The van der Waals surface area contributed by atoms with E-state index in [-0.39, 0.29) is 11.3 Å². The van der Waals surface area contributed by atoms with E-state index in [1.165, 1.54) is 22.9 Å². The molecule has 0 spiro atoms. The van der Waals surface area contributed by atoms with Crippen molar-refractivity contribution < 1.29 is 14.7 Å². The molecule has 8 heteroatoms. The normalized spacial score (nSPS) is 23.3. The van der Waals surface area contributed by atoms with Crippen LogP contribution < -0.4 is 5.73 Å². The van der Waals surface area contributed by atoms with Gasteiger partial charge >= 0.3 is 5.97 Å². The lowest BCUT2D eigenvalue weighted by atomic mass is 10.1. The van der Waals surface area contributed by atoms with Gasteiger partial charge < -0.3 is 15.7 Å². The van der Waals surface area contributed by atoms with Gasteiger partial charge in [-0.25, -0.2) is 4.79 Å². The predicted molar refractivity (Wildman–Crippen MR) is 79.6 cm³/mol. The third-order valence-corrected chi connectivity index (χ3v) is 4.87. The van der Waals surface area contributed by atoms with Crippen molar-refractivity contribution in [2.75, 3.05) is 5.75 Å². The molecule has 1 saturated heterocycles. The van der Waals surface area contributed by atoms with E-state index in [1.54, 1.807) is 17.9 Å². The summed E-state index contributed by atoms with van der Waals surface area (Å²) in [6, 6.07) is -1.68. The number of hydrogen-bond donors (Lipinski definition) is 2. The van der Waals surface area contributed by atoms with Crippen molar-refractivity contribution in [3.05, 3.63) is 18.0 Å². The first-order valence-corrected chi connectivity index (χ1v) is 7.91. The van der Waals surface area contributed by atoms with Crippen molar-refractivity contribution in [1.82, 2.24) is 14.7 Å². The predicted octanol–water partition coefficient (Wildman–Crippen LogP) is 0.575. The number of carboxylic acids is 1. The van der Waals surface area contributed by atoms with Gasteiger partial charge in [0.05, 0.1) is 11.6 Å². The average Bonchev–Trinajstić information content (AvgIpc) is 3.04. The Bertz CT molecular complexity index is 533. The van der Waals surface area contributed by atoms with Gasteiger partial charge in [0.25, 0.3) is 0 Å². The molecule has 0 aromatic carbocycles. The van der Waals surface area contributed by atoms with Crippen LogP contribution in [0, 0.1) is 0 Å². The molecule has 0 bridgehead atoms. The minimum atomic E-state index is -0.979. The number of carboxylic acid groups (broad SMARTS) is 1. The molecule has 2 rings (SSSR count). The second-order valence-corrected chi connectivity index (χ2v) is 6.31. The van der Waals surface area contributed by atoms with Gasteiger partial charge in [0.15, 0.2) is 0 Å². The standard InChI is InChI=1S/C13H20N4O3S/c1-3-4-10-17(9(7-21-10)13(19)20)12(18)11(14)8-5-15-16(2)6-8/h5-6,9-11H,3-4,7,14H2,1-2H3,(H,19,20). The summed E-state index contributed by atoms with van der Waals surface area (Å²) < 4.78 is 1.57. The first-order valence-electron chi connectivity index (χ1n) is 6.86. The first kappa shape index (κ1) is 15.8. The fraction of sp³-hybridized carbons (Fsp3) is 0.615. The third kappa shape index (κ3) is 3.21. The first-order chi connectivity index (χ1) is 9.95. The van der Waals surface area contributed by atoms with E-state index in [0.29, 0.717) is 11.3 Å². The molecule has 1 fully saturated rings. The molecule has 1 aliphatic heterocycles. The van der Waals surface area contributed by atoms with Crippen LogP contribution in [0.1, 0.15) is 31.4 Å². The average molecular weight is 312 g/mol. The molecule has 0 saturated carbocycles. The maximum Gasteiger partial charge on any atom is 0.327 e.